The molecular formula is C22H22O2Si. The summed E-state index contributed by atoms with van der Waals surface area (Å²) in [6.07, 6.45) is 1.86. The Kier molecular flexibility index (Phi) is 4.68. The molecule has 0 amide bonds. The third-order valence-electron chi connectivity index (χ3n) is 4.79. The first-order valence-corrected chi connectivity index (χ1v) is 11.0. The van der Waals surface area contributed by atoms with Crippen LogP contribution < -0.4 is 15.1 Å². The van der Waals surface area contributed by atoms with E-state index in [1.165, 1.54) is 10.4 Å². The summed E-state index contributed by atoms with van der Waals surface area (Å²) >= 11 is 0. The molecule has 1 atom stereocenters. The van der Waals surface area contributed by atoms with Gasteiger partial charge in [-0.15, -0.1) is 0 Å². The second-order valence-electron chi connectivity index (χ2n) is 6.43. The molecule has 126 valence electrons. The standard InChI is InChI=1S/C22H22O2Si/c1-4-11-19(12-5-1)23-22-17-10-18-25(24-22,20-13-6-2-7-14-20)21-15-8-3-9-16-21/h1-9,11-16,22H,10,17-18H2. The monoisotopic (exact) mass is 346 g/mol. The van der Waals surface area contributed by atoms with Crippen LogP contribution >= 0.6 is 0 Å². The van der Waals surface area contributed by atoms with Gasteiger partial charge in [-0.25, -0.2) is 0 Å². The van der Waals surface area contributed by atoms with Crippen LogP contribution in [0, 0.1) is 0 Å². The van der Waals surface area contributed by atoms with Crippen LogP contribution in [-0.2, 0) is 4.43 Å². The van der Waals surface area contributed by atoms with Crippen LogP contribution in [0.3, 0.4) is 0 Å². The predicted octanol–water partition coefficient (Wildman–Crippen LogP) is 3.96. The Morgan fingerprint density at radius 1 is 0.720 bits per heavy atom. The summed E-state index contributed by atoms with van der Waals surface area (Å²) in [5, 5.41) is 2.64. The smallest absolute Gasteiger partial charge is 0.260 e. The number of rotatable bonds is 4. The highest BCUT2D eigenvalue weighted by Gasteiger charge is 2.44. The topological polar surface area (TPSA) is 18.5 Å². The van der Waals surface area contributed by atoms with E-state index < -0.39 is 8.32 Å². The largest absolute Gasteiger partial charge is 0.466 e. The Balaban J connectivity index is 1.69. The van der Waals surface area contributed by atoms with E-state index in [9.17, 15) is 0 Å². The SMILES string of the molecule is c1ccc(OC2CCC[Si](c3ccccc3)(c3ccccc3)O2)cc1. The molecule has 1 heterocycles. The molecule has 1 aliphatic rings. The van der Waals surface area contributed by atoms with Gasteiger partial charge in [-0.3, -0.25) is 0 Å². The van der Waals surface area contributed by atoms with E-state index in [1.807, 2.05) is 30.3 Å². The summed E-state index contributed by atoms with van der Waals surface area (Å²) in [7, 11) is -2.28. The third kappa shape index (κ3) is 3.39. The van der Waals surface area contributed by atoms with Gasteiger partial charge in [0.1, 0.15) is 5.75 Å². The molecule has 3 aromatic rings. The molecule has 0 N–H and O–H groups in total. The summed E-state index contributed by atoms with van der Waals surface area (Å²) in [4.78, 5) is 0. The molecule has 1 aliphatic heterocycles. The summed E-state index contributed by atoms with van der Waals surface area (Å²) in [6, 6.07) is 32.5. The molecule has 4 rings (SSSR count). The second kappa shape index (κ2) is 7.26. The lowest BCUT2D eigenvalue weighted by atomic mass is 10.3. The van der Waals surface area contributed by atoms with Gasteiger partial charge in [-0.1, -0.05) is 78.9 Å². The zero-order valence-electron chi connectivity index (χ0n) is 14.2. The molecule has 2 nitrogen and oxygen atoms in total. The van der Waals surface area contributed by atoms with Crippen molar-refractivity contribution in [2.24, 2.45) is 0 Å². The van der Waals surface area contributed by atoms with Gasteiger partial charge in [0, 0.05) is 6.42 Å². The highest BCUT2D eigenvalue weighted by molar-refractivity contribution is 6.97. The van der Waals surface area contributed by atoms with Gasteiger partial charge in [0.15, 0.2) is 6.29 Å². The summed E-state index contributed by atoms with van der Waals surface area (Å²) in [6.45, 7) is 0. The molecule has 3 aromatic carbocycles. The molecule has 3 heteroatoms. The van der Waals surface area contributed by atoms with Gasteiger partial charge in [0.05, 0.1) is 0 Å². The summed E-state index contributed by atoms with van der Waals surface area (Å²) < 4.78 is 12.9. The van der Waals surface area contributed by atoms with E-state index in [0.717, 1.165) is 24.6 Å². The number of para-hydroxylation sites is 1. The lowest BCUT2D eigenvalue weighted by molar-refractivity contribution is -0.0158. The molecule has 0 spiro atoms. The highest BCUT2D eigenvalue weighted by atomic mass is 28.4. The van der Waals surface area contributed by atoms with Crippen LogP contribution in [0.15, 0.2) is 91.0 Å². The zero-order valence-corrected chi connectivity index (χ0v) is 15.2. The Bertz CT molecular complexity index is 751. The van der Waals surface area contributed by atoms with Crippen molar-refractivity contribution in [1.29, 1.82) is 0 Å². The summed E-state index contributed by atoms with van der Waals surface area (Å²) in [5.74, 6) is 0.874. The Morgan fingerprint density at radius 2 is 1.24 bits per heavy atom. The minimum Gasteiger partial charge on any atom is -0.466 e. The van der Waals surface area contributed by atoms with Crippen LogP contribution in [-0.4, -0.2) is 14.6 Å². The Labute approximate surface area is 150 Å². The summed E-state index contributed by atoms with van der Waals surface area (Å²) in [5.41, 5.74) is 0. The fraction of sp³-hybridized carbons (Fsp3) is 0.182. The number of ether oxygens (including phenoxy) is 1. The van der Waals surface area contributed by atoms with Crippen molar-refractivity contribution in [1.82, 2.24) is 0 Å². The van der Waals surface area contributed by atoms with E-state index in [-0.39, 0.29) is 6.29 Å². The van der Waals surface area contributed by atoms with E-state index in [4.69, 9.17) is 9.16 Å². The molecule has 0 radical (unpaired) electrons. The van der Waals surface area contributed by atoms with Crippen LogP contribution in [0.1, 0.15) is 12.8 Å². The maximum atomic E-state index is 6.77. The van der Waals surface area contributed by atoms with E-state index in [2.05, 4.69) is 60.7 Å². The number of benzene rings is 3. The van der Waals surface area contributed by atoms with E-state index in [1.54, 1.807) is 0 Å². The van der Waals surface area contributed by atoms with Crippen molar-refractivity contribution in [2.45, 2.75) is 25.2 Å². The lowest BCUT2D eigenvalue weighted by Crippen LogP contribution is -2.64. The Hall–Kier alpha value is -2.36. The third-order valence-corrected chi connectivity index (χ3v) is 9.05. The molecule has 0 bridgehead atoms. The van der Waals surface area contributed by atoms with Crippen molar-refractivity contribution in [2.75, 3.05) is 0 Å². The fourth-order valence-corrected chi connectivity index (χ4v) is 7.68. The normalized spacial score (nSPS) is 19.3. The van der Waals surface area contributed by atoms with Crippen molar-refractivity contribution < 1.29 is 9.16 Å². The molecule has 25 heavy (non-hydrogen) atoms. The first-order chi connectivity index (χ1) is 12.4. The van der Waals surface area contributed by atoms with E-state index in [0.29, 0.717) is 0 Å². The van der Waals surface area contributed by atoms with Crippen molar-refractivity contribution in [3.63, 3.8) is 0 Å². The fourth-order valence-electron chi connectivity index (χ4n) is 3.60. The average Bonchev–Trinajstić information content (AvgIpc) is 2.70. The van der Waals surface area contributed by atoms with E-state index >= 15 is 0 Å². The molecule has 1 fully saturated rings. The first-order valence-electron chi connectivity index (χ1n) is 8.87. The van der Waals surface area contributed by atoms with Crippen LogP contribution in [0.5, 0.6) is 5.75 Å². The molecule has 0 aromatic heterocycles. The first kappa shape index (κ1) is 16.1. The maximum absolute atomic E-state index is 6.77. The second-order valence-corrected chi connectivity index (χ2v) is 9.97. The Morgan fingerprint density at radius 3 is 1.80 bits per heavy atom. The van der Waals surface area contributed by atoms with Crippen LogP contribution in [0.2, 0.25) is 6.04 Å². The molecule has 1 saturated heterocycles. The lowest BCUT2D eigenvalue weighted by Gasteiger charge is -2.40. The zero-order chi connectivity index (χ0) is 17.0. The van der Waals surface area contributed by atoms with Gasteiger partial charge in [-0.2, -0.15) is 0 Å². The number of hydrogen-bond donors (Lipinski definition) is 0. The van der Waals surface area contributed by atoms with Crippen LogP contribution in [0.25, 0.3) is 0 Å². The molecule has 0 saturated carbocycles. The molecular weight excluding hydrogens is 324 g/mol. The minimum absolute atomic E-state index is 0.191. The van der Waals surface area contributed by atoms with Crippen LogP contribution in [0.4, 0.5) is 0 Å². The van der Waals surface area contributed by atoms with Crippen molar-refractivity contribution in [3.05, 3.63) is 91.0 Å². The minimum atomic E-state index is -2.28. The maximum Gasteiger partial charge on any atom is 0.260 e. The van der Waals surface area contributed by atoms with Gasteiger partial charge >= 0.3 is 0 Å². The molecule has 1 unspecified atom stereocenters. The van der Waals surface area contributed by atoms with Gasteiger partial charge < -0.3 is 9.16 Å². The van der Waals surface area contributed by atoms with Gasteiger partial charge in [0.2, 0.25) is 0 Å². The average molecular weight is 347 g/mol. The number of hydrogen-bond acceptors (Lipinski definition) is 2. The van der Waals surface area contributed by atoms with Crippen molar-refractivity contribution >= 4 is 18.7 Å². The quantitative estimate of drug-likeness (QED) is 0.666. The van der Waals surface area contributed by atoms with Gasteiger partial charge in [-0.05, 0) is 35.0 Å². The van der Waals surface area contributed by atoms with Gasteiger partial charge in [0.25, 0.3) is 8.32 Å². The molecule has 0 aliphatic carbocycles. The highest BCUT2D eigenvalue weighted by Crippen LogP contribution is 2.28. The van der Waals surface area contributed by atoms with Crippen molar-refractivity contribution in [3.8, 4) is 5.75 Å². The predicted molar refractivity (Wildman–Crippen MR) is 104 cm³/mol.